The average molecular weight is 1140 g/mol. The SMILES string of the molecule is CC/C=C\C/C=C\C/C=C\C/C=C\C/C=C\C/C=C\CCC(=O)OC(COC(=O)CCCCCCCCCCCCCCC/C=C\C/C=C\C/C=C\C/C=C\C/C=C\CC)COC(=O)CCCCCCCCCCCCCCCCCC. The Labute approximate surface area is 506 Å². The molecule has 0 aromatic heterocycles. The van der Waals surface area contributed by atoms with Gasteiger partial charge >= 0.3 is 17.9 Å². The third kappa shape index (κ3) is 66.4. The Morgan fingerprint density at radius 3 is 0.793 bits per heavy atom. The molecule has 0 spiro atoms. The van der Waals surface area contributed by atoms with Gasteiger partial charge in [-0.25, -0.2) is 0 Å². The zero-order chi connectivity index (χ0) is 59.2. The normalized spacial score (nSPS) is 13.0. The smallest absolute Gasteiger partial charge is 0.306 e. The molecule has 0 rings (SSSR count). The Bertz CT molecular complexity index is 1730. The molecule has 1 atom stereocenters. The van der Waals surface area contributed by atoms with Crippen molar-refractivity contribution in [1.29, 1.82) is 0 Å². The van der Waals surface area contributed by atoms with Crippen molar-refractivity contribution in [2.75, 3.05) is 13.2 Å². The molecule has 0 saturated carbocycles. The molecule has 0 saturated heterocycles. The summed E-state index contributed by atoms with van der Waals surface area (Å²) in [6.45, 7) is 6.38. The van der Waals surface area contributed by atoms with Crippen LogP contribution in [0.5, 0.6) is 0 Å². The number of carbonyl (C=O) groups is 3. The van der Waals surface area contributed by atoms with Gasteiger partial charge in [-0.3, -0.25) is 14.4 Å². The van der Waals surface area contributed by atoms with Crippen LogP contribution in [0.3, 0.4) is 0 Å². The molecule has 0 heterocycles. The molecule has 0 radical (unpaired) electrons. The van der Waals surface area contributed by atoms with Crippen molar-refractivity contribution in [2.24, 2.45) is 0 Å². The van der Waals surface area contributed by atoms with Crippen molar-refractivity contribution < 1.29 is 28.6 Å². The molecule has 0 aromatic rings. The highest BCUT2D eigenvalue weighted by Crippen LogP contribution is 2.17. The molecule has 0 aromatic carbocycles. The van der Waals surface area contributed by atoms with Gasteiger partial charge in [-0.2, -0.15) is 0 Å². The fourth-order valence-electron chi connectivity index (χ4n) is 9.38. The summed E-state index contributed by atoms with van der Waals surface area (Å²) in [6, 6.07) is 0. The summed E-state index contributed by atoms with van der Waals surface area (Å²) in [7, 11) is 0. The highest BCUT2D eigenvalue weighted by atomic mass is 16.6. The average Bonchev–Trinajstić information content (AvgIpc) is 3.47. The summed E-state index contributed by atoms with van der Waals surface area (Å²) in [6.07, 6.45) is 97.7. The largest absolute Gasteiger partial charge is 0.462 e. The number of carbonyl (C=O) groups excluding carboxylic acids is 3. The van der Waals surface area contributed by atoms with Crippen molar-refractivity contribution in [3.05, 3.63) is 134 Å². The van der Waals surface area contributed by atoms with Gasteiger partial charge < -0.3 is 14.2 Å². The molecular formula is C76H126O6. The summed E-state index contributed by atoms with van der Waals surface area (Å²) in [5, 5.41) is 0. The van der Waals surface area contributed by atoms with Crippen molar-refractivity contribution in [3.63, 3.8) is 0 Å². The van der Waals surface area contributed by atoms with Gasteiger partial charge in [0.1, 0.15) is 13.2 Å². The van der Waals surface area contributed by atoms with Gasteiger partial charge in [0.15, 0.2) is 6.10 Å². The summed E-state index contributed by atoms with van der Waals surface area (Å²) in [5.41, 5.74) is 0. The number of allylic oxidation sites excluding steroid dienone is 22. The first-order valence-electron chi connectivity index (χ1n) is 34.2. The fraction of sp³-hybridized carbons (Fsp3) is 0.671. The van der Waals surface area contributed by atoms with E-state index in [1.807, 2.05) is 6.08 Å². The molecule has 0 aliphatic rings. The predicted octanol–water partition coefficient (Wildman–Crippen LogP) is 23.7. The van der Waals surface area contributed by atoms with Crippen LogP contribution >= 0.6 is 0 Å². The zero-order valence-electron chi connectivity index (χ0n) is 53.5. The van der Waals surface area contributed by atoms with E-state index in [-0.39, 0.29) is 31.6 Å². The van der Waals surface area contributed by atoms with Crippen LogP contribution in [0, 0.1) is 0 Å². The van der Waals surface area contributed by atoms with Crippen molar-refractivity contribution >= 4 is 17.9 Å². The molecule has 6 heteroatoms. The summed E-state index contributed by atoms with van der Waals surface area (Å²) in [4.78, 5) is 38.4. The molecule has 0 bridgehead atoms. The number of ether oxygens (including phenoxy) is 3. The second-order valence-corrected chi connectivity index (χ2v) is 22.3. The summed E-state index contributed by atoms with van der Waals surface area (Å²) >= 11 is 0. The number of unbranched alkanes of at least 4 members (excludes halogenated alkanes) is 28. The summed E-state index contributed by atoms with van der Waals surface area (Å²) < 4.78 is 16.9. The number of hydrogen-bond acceptors (Lipinski definition) is 6. The maximum absolute atomic E-state index is 12.9. The van der Waals surface area contributed by atoms with Gasteiger partial charge in [-0.1, -0.05) is 321 Å². The molecule has 0 aliphatic heterocycles. The molecule has 0 fully saturated rings. The third-order valence-electron chi connectivity index (χ3n) is 14.4. The van der Waals surface area contributed by atoms with Crippen LogP contribution < -0.4 is 0 Å². The van der Waals surface area contributed by atoms with E-state index in [2.05, 4.69) is 148 Å². The lowest BCUT2D eigenvalue weighted by molar-refractivity contribution is -0.166. The minimum absolute atomic E-state index is 0.108. The first kappa shape index (κ1) is 77.5. The lowest BCUT2D eigenvalue weighted by Gasteiger charge is -2.18. The first-order valence-corrected chi connectivity index (χ1v) is 34.2. The lowest BCUT2D eigenvalue weighted by Crippen LogP contribution is -2.30. The second kappa shape index (κ2) is 69.0. The number of hydrogen-bond donors (Lipinski definition) is 0. The van der Waals surface area contributed by atoms with Gasteiger partial charge in [-0.15, -0.1) is 0 Å². The fourth-order valence-corrected chi connectivity index (χ4v) is 9.38. The molecule has 1 unspecified atom stereocenters. The zero-order valence-corrected chi connectivity index (χ0v) is 53.5. The predicted molar refractivity (Wildman–Crippen MR) is 357 cm³/mol. The topological polar surface area (TPSA) is 78.9 Å². The van der Waals surface area contributed by atoms with E-state index in [4.69, 9.17) is 14.2 Å². The van der Waals surface area contributed by atoms with E-state index in [0.29, 0.717) is 19.3 Å². The van der Waals surface area contributed by atoms with Crippen LogP contribution in [-0.2, 0) is 28.6 Å². The standard InChI is InChI=1S/C76H126O6/c1-4-7-10-13-16-19-22-25-28-31-33-34-35-36-37-38-39-40-41-42-44-45-48-51-54-57-60-63-66-69-75(78)81-72-73(71-80-74(77)68-65-62-59-56-53-50-47-30-27-24-21-18-15-12-9-6-3)82-76(79)70-67-64-61-58-55-52-49-46-43-32-29-26-23-20-17-14-11-8-5-2/h7-8,10-11,16-17,19-20,25-26,28-29,33-34,36-37,43,46,52,55,61,64,73H,4-6,9,12-15,18,21-24,27,30-32,35,38-42,44-45,47-51,53-54,56-60,62-63,65-72H2,1-3H3/b10-7-,11-8-,19-16-,20-17-,28-25-,29-26-,34-33-,37-36-,46-43-,55-52-,64-61-. The third-order valence-corrected chi connectivity index (χ3v) is 14.4. The molecule has 6 nitrogen and oxygen atoms in total. The van der Waals surface area contributed by atoms with Crippen LogP contribution in [-0.4, -0.2) is 37.2 Å². The molecular weight excluding hydrogens is 1010 g/mol. The Balaban J connectivity index is 4.39. The summed E-state index contributed by atoms with van der Waals surface area (Å²) in [5.74, 6) is -0.985. The second-order valence-electron chi connectivity index (χ2n) is 22.3. The molecule has 82 heavy (non-hydrogen) atoms. The minimum atomic E-state index is -0.823. The monoisotopic (exact) mass is 1130 g/mol. The maximum Gasteiger partial charge on any atom is 0.306 e. The van der Waals surface area contributed by atoms with E-state index in [9.17, 15) is 14.4 Å². The van der Waals surface area contributed by atoms with Gasteiger partial charge in [0.2, 0.25) is 0 Å². The van der Waals surface area contributed by atoms with Gasteiger partial charge in [0.05, 0.1) is 0 Å². The lowest BCUT2D eigenvalue weighted by atomic mass is 10.0. The Morgan fingerprint density at radius 2 is 0.500 bits per heavy atom. The molecule has 0 N–H and O–H groups in total. The van der Waals surface area contributed by atoms with E-state index >= 15 is 0 Å². The van der Waals surface area contributed by atoms with E-state index in [0.717, 1.165) is 109 Å². The van der Waals surface area contributed by atoms with Crippen molar-refractivity contribution in [1.82, 2.24) is 0 Å². The quantitative estimate of drug-likeness (QED) is 0.0261. The van der Waals surface area contributed by atoms with Gasteiger partial charge in [0.25, 0.3) is 0 Å². The van der Waals surface area contributed by atoms with Crippen LogP contribution in [0.2, 0.25) is 0 Å². The number of rotatable bonds is 61. The van der Waals surface area contributed by atoms with E-state index < -0.39 is 12.1 Å². The Kier molecular flexibility index (Phi) is 65.3. The number of esters is 3. The van der Waals surface area contributed by atoms with E-state index in [1.54, 1.807) is 0 Å². The van der Waals surface area contributed by atoms with Crippen LogP contribution in [0.15, 0.2) is 134 Å². The van der Waals surface area contributed by atoms with Crippen LogP contribution in [0.4, 0.5) is 0 Å². The van der Waals surface area contributed by atoms with Crippen molar-refractivity contribution in [2.45, 2.75) is 316 Å². The van der Waals surface area contributed by atoms with Crippen molar-refractivity contribution in [3.8, 4) is 0 Å². The first-order chi connectivity index (χ1) is 40.5. The highest BCUT2D eigenvalue weighted by molar-refractivity contribution is 5.71. The van der Waals surface area contributed by atoms with Crippen LogP contribution in [0.1, 0.15) is 310 Å². The Morgan fingerprint density at radius 1 is 0.256 bits per heavy atom. The maximum atomic E-state index is 12.9. The molecule has 466 valence electrons. The van der Waals surface area contributed by atoms with Gasteiger partial charge in [0, 0.05) is 19.3 Å². The van der Waals surface area contributed by atoms with Crippen LogP contribution in [0.25, 0.3) is 0 Å². The molecule has 0 aliphatic carbocycles. The minimum Gasteiger partial charge on any atom is -0.462 e. The van der Waals surface area contributed by atoms with E-state index in [1.165, 1.54) is 154 Å². The van der Waals surface area contributed by atoms with Gasteiger partial charge in [-0.05, 0) is 103 Å². The molecule has 0 amide bonds. The Hall–Kier alpha value is -4.45. The highest BCUT2D eigenvalue weighted by Gasteiger charge is 2.19.